The summed E-state index contributed by atoms with van der Waals surface area (Å²) in [6.07, 6.45) is -0.404. The molecule has 0 aliphatic rings. The van der Waals surface area contributed by atoms with Crippen LogP contribution in [-0.4, -0.2) is 27.4 Å². The minimum atomic E-state index is -0.404. The minimum Gasteiger partial charge on any atom is -0.497 e. The maximum atomic E-state index is 11.2. The van der Waals surface area contributed by atoms with E-state index in [0.717, 1.165) is 5.69 Å². The number of anilines is 1. The van der Waals surface area contributed by atoms with Gasteiger partial charge in [0.25, 0.3) is 0 Å². The Morgan fingerprint density at radius 2 is 2.07 bits per heavy atom. The Morgan fingerprint density at radius 3 is 2.64 bits per heavy atom. The summed E-state index contributed by atoms with van der Waals surface area (Å²) in [6, 6.07) is 7.19. The highest BCUT2D eigenvalue weighted by atomic mass is 16.5. The van der Waals surface area contributed by atoms with Crippen LogP contribution in [0, 0.1) is 0 Å². The third-order valence-corrected chi connectivity index (χ3v) is 1.89. The fraction of sp³-hybridized carbons (Fsp3) is 0.300. The lowest BCUT2D eigenvalue weighted by Crippen LogP contribution is -2.25. The molecule has 4 nitrogen and oxygen atoms in total. The first-order valence-corrected chi connectivity index (χ1v) is 4.14. The molecule has 4 heteroatoms. The fourth-order valence-corrected chi connectivity index (χ4v) is 1.06. The maximum Gasteiger partial charge on any atom is 0.413 e. The number of ether oxygens (including phenoxy) is 2. The van der Waals surface area contributed by atoms with Gasteiger partial charge in [-0.1, -0.05) is 6.07 Å². The Morgan fingerprint density at radius 1 is 1.36 bits per heavy atom. The summed E-state index contributed by atoms with van der Waals surface area (Å²) in [4.78, 5) is 12.6. The number of nitrogens with zero attached hydrogens (tertiary/aromatic N) is 1. The Bertz CT molecular complexity index is 325. The van der Waals surface area contributed by atoms with Crippen LogP contribution in [0.2, 0.25) is 0 Å². The number of hydrogen-bond donors (Lipinski definition) is 0. The Hall–Kier alpha value is -1.71. The summed E-state index contributed by atoms with van der Waals surface area (Å²) in [5, 5.41) is 0. The highest BCUT2D eigenvalue weighted by molar-refractivity contribution is 5.87. The van der Waals surface area contributed by atoms with Gasteiger partial charge in [0.05, 0.1) is 19.9 Å². The van der Waals surface area contributed by atoms with Crippen LogP contribution in [0.4, 0.5) is 10.5 Å². The van der Waals surface area contributed by atoms with Crippen LogP contribution in [0.1, 0.15) is 0 Å². The van der Waals surface area contributed by atoms with Crippen molar-refractivity contribution in [1.29, 1.82) is 0 Å². The van der Waals surface area contributed by atoms with Gasteiger partial charge in [-0.05, 0) is 12.1 Å². The average Bonchev–Trinajstić information content (AvgIpc) is 2.27. The van der Waals surface area contributed by atoms with Crippen LogP contribution in [0.15, 0.2) is 24.3 Å². The van der Waals surface area contributed by atoms with Gasteiger partial charge in [0.15, 0.2) is 0 Å². The molecule has 0 spiro atoms. The Kier molecular flexibility index (Phi) is 3.34. The number of rotatable bonds is 2. The van der Waals surface area contributed by atoms with E-state index >= 15 is 0 Å². The highest BCUT2D eigenvalue weighted by Gasteiger charge is 2.10. The van der Waals surface area contributed by atoms with Gasteiger partial charge in [0, 0.05) is 13.1 Å². The molecule has 1 amide bonds. The second-order valence-corrected chi connectivity index (χ2v) is 2.73. The van der Waals surface area contributed by atoms with Crippen LogP contribution in [0.5, 0.6) is 5.75 Å². The van der Waals surface area contributed by atoms with Crippen LogP contribution in [0.3, 0.4) is 0 Å². The second kappa shape index (κ2) is 4.50. The number of methoxy groups -OCH3 is 2. The van der Waals surface area contributed by atoms with E-state index in [0.29, 0.717) is 5.75 Å². The lowest BCUT2D eigenvalue weighted by molar-refractivity contribution is 0.180. The molecule has 0 heterocycles. The van der Waals surface area contributed by atoms with Gasteiger partial charge in [0.2, 0.25) is 0 Å². The molecule has 0 unspecified atom stereocenters. The third kappa shape index (κ3) is 2.16. The molecule has 0 saturated carbocycles. The standard InChI is InChI=1S/C10H13NO3/c1-11(10(12)14-3)8-5-4-6-9(7-8)13-2/h4-7H,1-3H3. The highest BCUT2D eigenvalue weighted by Crippen LogP contribution is 2.20. The lowest BCUT2D eigenvalue weighted by Gasteiger charge is -2.15. The topological polar surface area (TPSA) is 38.8 Å². The van der Waals surface area contributed by atoms with Crippen molar-refractivity contribution in [2.45, 2.75) is 0 Å². The van der Waals surface area contributed by atoms with E-state index in [1.165, 1.54) is 12.0 Å². The van der Waals surface area contributed by atoms with Crippen LogP contribution < -0.4 is 9.64 Å². The molecule has 0 radical (unpaired) electrons. The molecule has 76 valence electrons. The van der Waals surface area contributed by atoms with E-state index in [2.05, 4.69) is 4.74 Å². The first kappa shape index (κ1) is 10.4. The molecule has 1 rings (SSSR count). The monoisotopic (exact) mass is 195 g/mol. The summed E-state index contributed by atoms with van der Waals surface area (Å²) in [5.74, 6) is 0.707. The van der Waals surface area contributed by atoms with Crippen molar-refractivity contribution in [3.05, 3.63) is 24.3 Å². The van der Waals surface area contributed by atoms with Gasteiger partial charge in [-0.3, -0.25) is 4.90 Å². The van der Waals surface area contributed by atoms with Crippen LogP contribution in [-0.2, 0) is 4.74 Å². The van der Waals surface area contributed by atoms with Crippen molar-refractivity contribution in [3.8, 4) is 5.75 Å². The predicted octanol–water partition coefficient (Wildman–Crippen LogP) is 1.90. The molecule has 0 aliphatic carbocycles. The molecule has 0 aromatic heterocycles. The normalized spacial score (nSPS) is 9.36. The van der Waals surface area contributed by atoms with Crippen LogP contribution in [0.25, 0.3) is 0 Å². The predicted molar refractivity (Wildman–Crippen MR) is 53.8 cm³/mol. The van der Waals surface area contributed by atoms with E-state index in [-0.39, 0.29) is 0 Å². The molecular formula is C10H13NO3. The molecule has 0 saturated heterocycles. The Balaban J connectivity index is 2.89. The van der Waals surface area contributed by atoms with Crippen molar-refractivity contribution in [2.75, 3.05) is 26.2 Å². The van der Waals surface area contributed by atoms with Crippen molar-refractivity contribution in [2.24, 2.45) is 0 Å². The zero-order chi connectivity index (χ0) is 10.6. The van der Waals surface area contributed by atoms with Gasteiger partial charge in [-0.2, -0.15) is 0 Å². The second-order valence-electron chi connectivity index (χ2n) is 2.73. The number of hydrogen-bond acceptors (Lipinski definition) is 3. The van der Waals surface area contributed by atoms with Gasteiger partial charge in [-0.25, -0.2) is 4.79 Å². The Labute approximate surface area is 83.0 Å². The van der Waals surface area contributed by atoms with Gasteiger partial charge < -0.3 is 9.47 Å². The van der Waals surface area contributed by atoms with E-state index in [4.69, 9.17) is 4.74 Å². The summed E-state index contributed by atoms with van der Waals surface area (Å²) in [5.41, 5.74) is 0.733. The fourth-order valence-electron chi connectivity index (χ4n) is 1.06. The molecular weight excluding hydrogens is 182 g/mol. The first-order valence-electron chi connectivity index (χ1n) is 4.14. The summed E-state index contributed by atoms with van der Waals surface area (Å²) in [6.45, 7) is 0. The molecule has 0 fully saturated rings. The number of carbonyl (C=O) groups is 1. The van der Waals surface area contributed by atoms with Gasteiger partial charge in [0.1, 0.15) is 5.75 Å². The molecule has 0 aliphatic heterocycles. The van der Waals surface area contributed by atoms with Gasteiger partial charge >= 0.3 is 6.09 Å². The quantitative estimate of drug-likeness (QED) is 0.723. The SMILES string of the molecule is COC(=O)N(C)c1cccc(OC)c1. The summed E-state index contributed by atoms with van der Waals surface area (Å²) >= 11 is 0. The molecule has 0 bridgehead atoms. The first-order chi connectivity index (χ1) is 6.69. The third-order valence-electron chi connectivity index (χ3n) is 1.89. The zero-order valence-corrected chi connectivity index (χ0v) is 8.48. The van der Waals surface area contributed by atoms with Gasteiger partial charge in [-0.15, -0.1) is 0 Å². The van der Waals surface area contributed by atoms with Crippen LogP contribution >= 0.6 is 0 Å². The summed E-state index contributed by atoms with van der Waals surface area (Å²) < 4.78 is 9.63. The van der Waals surface area contributed by atoms with Crippen molar-refractivity contribution < 1.29 is 14.3 Å². The smallest absolute Gasteiger partial charge is 0.413 e. The molecule has 0 N–H and O–H groups in total. The minimum absolute atomic E-state index is 0.404. The maximum absolute atomic E-state index is 11.2. The molecule has 1 aromatic carbocycles. The van der Waals surface area contributed by atoms with E-state index in [1.54, 1.807) is 26.3 Å². The van der Waals surface area contributed by atoms with E-state index in [9.17, 15) is 4.79 Å². The number of benzene rings is 1. The molecule has 14 heavy (non-hydrogen) atoms. The number of carbonyl (C=O) groups excluding carboxylic acids is 1. The van der Waals surface area contributed by atoms with Crippen molar-refractivity contribution in [1.82, 2.24) is 0 Å². The van der Waals surface area contributed by atoms with E-state index < -0.39 is 6.09 Å². The average molecular weight is 195 g/mol. The molecule has 0 atom stereocenters. The van der Waals surface area contributed by atoms with Crippen molar-refractivity contribution in [3.63, 3.8) is 0 Å². The van der Waals surface area contributed by atoms with E-state index in [1.807, 2.05) is 12.1 Å². The summed E-state index contributed by atoms with van der Waals surface area (Å²) in [7, 11) is 4.57. The zero-order valence-electron chi connectivity index (χ0n) is 8.48. The number of amides is 1. The lowest BCUT2D eigenvalue weighted by atomic mass is 10.3. The molecule has 1 aromatic rings. The van der Waals surface area contributed by atoms with Crippen molar-refractivity contribution >= 4 is 11.8 Å². The largest absolute Gasteiger partial charge is 0.497 e.